The molecule has 1 aromatic carbocycles. The summed E-state index contributed by atoms with van der Waals surface area (Å²) in [5.41, 5.74) is 6.65. The third kappa shape index (κ3) is 2.69. The number of nitrogen functional groups attached to an aromatic ring is 1. The van der Waals surface area contributed by atoms with Crippen molar-refractivity contribution in [1.82, 2.24) is 4.98 Å². The first-order valence-corrected chi connectivity index (χ1v) is 6.66. The summed E-state index contributed by atoms with van der Waals surface area (Å²) in [4.78, 5) is 15.7. The zero-order valence-corrected chi connectivity index (χ0v) is 13.0. The summed E-state index contributed by atoms with van der Waals surface area (Å²) in [6, 6.07) is 4.60. The van der Waals surface area contributed by atoms with Gasteiger partial charge in [-0.05, 0) is 24.6 Å². The largest absolute Gasteiger partial charge is 0.493 e. The molecule has 0 spiro atoms. The fraction of sp³-hybridized carbons (Fsp3) is 0.200. The van der Waals surface area contributed by atoms with Gasteiger partial charge in [0.25, 0.3) is 0 Å². The molecule has 1 heterocycles. The average molecular weight is 325 g/mol. The molecule has 7 heteroatoms. The second-order valence-corrected chi connectivity index (χ2v) is 4.91. The number of nitrogens with zero attached hydrogens (tertiary/aromatic N) is 1. The van der Waals surface area contributed by atoms with Gasteiger partial charge in [-0.2, -0.15) is 0 Å². The van der Waals surface area contributed by atoms with Gasteiger partial charge in [0, 0.05) is 5.56 Å². The summed E-state index contributed by atoms with van der Waals surface area (Å²) in [6.45, 7) is 1.72. The number of rotatable bonds is 3. The topological polar surface area (TPSA) is 74.4 Å². The first-order valence-electron chi connectivity index (χ1n) is 6.28. The van der Waals surface area contributed by atoms with Crippen LogP contribution in [0.25, 0.3) is 11.3 Å². The van der Waals surface area contributed by atoms with Crippen molar-refractivity contribution in [3.63, 3.8) is 0 Å². The van der Waals surface area contributed by atoms with Gasteiger partial charge in [-0.3, -0.25) is 0 Å². The highest BCUT2D eigenvalue weighted by atomic mass is 35.5. The summed E-state index contributed by atoms with van der Waals surface area (Å²) >= 11 is 5.94. The Bertz CT molecular complexity index is 750. The van der Waals surface area contributed by atoms with Gasteiger partial charge in [0.05, 0.1) is 30.6 Å². The fourth-order valence-electron chi connectivity index (χ4n) is 2.02. The average Bonchev–Trinajstić information content (AvgIpc) is 2.50. The Hall–Kier alpha value is -2.34. The number of aryl methyl sites for hydroxylation is 1. The predicted octanol–water partition coefficient (Wildman–Crippen LogP) is 3.23. The highest BCUT2D eigenvalue weighted by Gasteiger charge is 2.20. The van der Waals surface area contributed by atoms with Gasteiger partial charge in [-0.1, -0.05) is 17.7 Å². The Labute approximate surface area is 131 Å². The summed E-state index contributed by atoms with van der Waals surface area (Å²) < 4.78 is 24.1. The van der Waals surface area contributed by atoms with Gasteiger partial charge < -0.3 is 15.2 Å². The third-order valence-corrected chi connectivity index (χ3v) is 3.54. The summed E-state index contributed by atoms with van der Waals surface area (Å²) in [5.74, 6) is -1.24. The minimum atomic E-state index is -0.752. The molecule has 5 nitrogen and oxygen atoms in total. The van der Waals surface area contributed by atoms with Crippen molar-refractivity contribution in [2.24, 2.45) is 0 Å². The lowest BCUT2D eigenvalue weighted by Gasteiger charge is -2.12. The molecule has 1 aromatic heterocycles. The molecule has 0 bridgehead atoms. The third-order valence-electron chi connectivity index (χ3n) is 3.14. The van der Waals surface area contributed by atoms with E-state index >= 15 is 0 Å². The van der Waals surface area contributed by atoms with E-state index in [2.05, 4.69) is 9.72 Å². The van der Waals surface area contributed by atoms with Crippen molar-refractivity contribution in [3.8, 4) is 17.0 Å². The fourth-order valence-corrected chi connectivity index (χ4v) is 2.19. The van der Waals surface area contributed by atoms with Gasteiger partial charge in [-0.25, -0.2) is 14.2 Å². The molecule has 0 atom stereocenters. The standard InChI is InChI=1S/C15H14ClFN2O3/c1-7-4-5-8(12(17)14(7)21-2)10-6-9(18)11(16)13(19-10)15(20)22-3/h4-6H,1-3H3,(H2,18,19). The van der Waals surface area contributed by atoms with E-state index in [1.165, 1.54) is 26.4 Å². The molecule has 0 aliphatic heterocycles. The maximum atomic E-state index is 14.5. The Morgan fingerprint density at radius 2 is 2.05 bits per heavy atom. The monoisotopic (exact) mass is 324 g/mol. The van der Waals surface area contributed by atoms with Crippen molar-refractivity contribution < 1.29 is 18.7 Å². The van der Waals surface area contributed by atoms with Gasteiger partial charge in [0.2, 0.25) is 0 Å². The van der Waals surface area contributed by atoms with Crippen LogP contribution in [0.2, 0.25) is 5.02 Å². The maximum Gasteiger partial charge on any atom is 0.358 e. The molecular weight excluding hydrogens is 311 g/mol. The number of ether oxygens (including phenoxy) is 2. The van der Waals surface area contributed by atoms with Crippen LogP contribution in [0.4, 0.5) is 10.1 Å². The number of hydrogen-bond acceptors (Lipinski definition) is 5. The van der Waals surface area contributed by atoms with Crippen molar-refractivity contribution >= 4 is 23.3 Å². The summed E-state index contributed by atoms with van der Waals surface area (Å²) in [7, 11) is 2.57. The molecule has 2 aromatic rings. The molecule has 0 aliphatic rings. The number of pyridine rings is 1. The van der Waals surface area contributed by atoms with Crippen LogP contribution in [0.5, 0.6) is 5.75 Å². The van der Waals surface area contributed by atoms with Crippen LogP contribution in [0.1, 0.15) is 16.1 Å². The van der Waals surface area contributed by atoms with Crippen LogP contribution in [0, 0.1) is 12.7 Å². The van der Waals surface area contributed by atoms with E-state index in [9.17, 15) is 9.18 Å². The molecule has 0 aliphatic carbocycles. The molecule has 116 valence electrons. The lowest BCUT2D eigenvalue weighted by molar-refractivity contribution is 0.0594. The van der Waals surface area contributed by atoms with Crippen LogP contribution in [-0.2, 0) is 4.74 Å². The molecule has 0 unspecified atom stereocenters. The van der Waals surface area contributed by atoms with Crippen LogP contribution in [0.15, 0.2) is 18.2 Å². The van der Waals surface area contributed by atoms with Gasteiger partial charge >= 0.3 is 5.97 Å². The van der Waals surface area contributed by atoms with Crippen LogP contribution >= 0.6 is 11.6 Å². The molecule has 22 heavy (non-hydrogen) atoms. The zero-order valence-electron chi connectivity index (χ0n) is 12.2. The maximum absolute atomic E-state index is 14.5. The molecule has 0 saturated heterocycles. The molecule has 2 N–H and O–H groups in total. The Kier molecular flexibility index (Phi) is 4.51. The minimum Gasteiger partial charge on any atom is -0.493 e. The molecule has 2 rings (SSSR count). The molecule has 0 amide bonds. The predicted molar refractivity (Wildman–Crippen MR) is 81.7 cm³/mol. The summed E-state index contributed by atoms with van der Waals surface area (Å²) in [5, 5.41) is -0.0323. The van der Waals surface area contributed by atoms with Gasteiger partial charge in [0.1, 0.15) is 0 Å². The first-order chi connectivity index (χ1) is 10.4. The van der Waals surface area contributed by atoms with Crippen LogP contribution in [0.3, 0.4) is 0 Å². The Morgan fingerprint density at radius 1 is 1.36 bits per heavy atom. The number of carbonyl (C=O) groups excluding carboxylic acids is 1. The first kappa shape index (κ1) is 16.0. The van der Waals surface area contributed by atoms with Crippen molar-refractivity contribution in [1.29, 1.82) is 0 Å². The van der Waals surface area contributed by atoms with Crippen molar-refractivity contribution in [2.45, 2.75) is 6.92 Å². The number of esters is 1. The van der Waals surface area contributed by atoms with E-state index in [-0.39, 0.29) is 33.4 Å². The van der Waals surface area contributed by atoms with E-state index in [0.717, 1.165) is 0 Å². The van der Waals surface area contributed by atoms with E-state index in [0.29, 0.717) is 5.56 Å². The highest BCUT2D eigenvalue weighted by molar-refractivity contribution is 6.35. The lowest BCUT2D eigenvalue weighted by Crippen LogP contribution is -2.08. The number of carbonyl (C=O) groups is 1. The molecule has 0 radical (unpaired) electrons. The van der Waals surface area contributed by atoms with Crippen molar-refractivity contribution in [3.05, 3.63) is 40.3 Å². The van der Waals surface area contributed by atoms with Crippen LogP contribution < -0.4 is 10.5 Å². The summed E-state index contributed by atoms with van der Waals surface area (Å²) in [6.07, 6.45) is 0. The van der Waals surface area contributed by atoms with E-state index < -0.39 is 11.8 Å². The highest BCUT2D eigenvalue weighted by Crippen LogP contribution is 2.34. The SMILES string of the molecule is COC(=O)c1nc(-c2ccc(C)c(OC)c2F)cc(N)c1Cl. The second kappa shape index (κ2) is 6.19. The number of hydrogen-bond donors (Lipinski definition) is 1. The number of benzene rings is 1. The van der Waals surface area contributed by atoms with Crippen molar-refractivity contribution in [2.75, 3.05) is 20.0 Å². The number of nitrogens with two attached hydrogens (primary N) is 1. The second-order valence-electron chi connectivity index (χ2n) is 4.53. The normalized spacial score (nSPS) is 10.4. The number of anilines is 1. The lowest BCUT2D eigenvalue weighted by atomic mass is 10.1. The van der Waals surface area contributed by atoms with E-state index in [4.69, 9.17) is 22.1 Å². The van der Waals surface area contributed by atoms with Crippen LogP contribution in [-0.4, -0.2) is 25.2 Å². The minimum absolute atomic E-state index is 0.0323. The van der Waals surface area contributed by atoms with Gasteiger partial charge in [-0.15, -0.1) is 0 Å². The quantitative estimate of drug-likeness (QED) is 0.877. The zero-order chi connectivity index (χ0) is 16.4. The number of halogens is 2. The number of methoxy groups -OCH3 is 2. The molecule has 0 fully saturated rings. The van der Waals surface area contributed by atoms with Gasteiger partial charge in [0.15, 0.2) is 17.3 Å². The molecular formula is C15H14ClFN2O3. The number of aromatic nitrogens is 1. The Morgan fingerprint density at radius 3 is 2.64 bits per heavy atom. The van der Waals surface area contributed by atoms with E-state index in [1.54, 1.807) is 13.0 Å². The van der Waals surface area contributed by atoms with E-state index in [1.807, 2.05) is 0 Å². The smallest absolute Gasteiger partial charge is 0.358 e. The molecule has 0 saturated carbocycles. The Balaban J connectivity index is 2.69.